The van der Waals surface area contributed by atoms with Crippen LogP contribution in [0.15, 0.2) is 47.5 Å². The number of rotatable bonds is 4. The second-order valence-electron chi connectivity index (χ2n) is 5.91. The van der Waals surface area contributed by atoms with Gasteiger partial charge in [0, 0.05) is 23.2 Å². The Morgan fingerprint density at radius 1 is 1.21 bits per heavy atom. The van der Waals surface area contributed by atoms with Crippen molar-refractivity contribution in [2.45, 2.75) is 23.8 Å². The van der Waals surface area contributed by atoms with Gasteiger partial charge in [-0.05, 0) is 42.7 Å². The monoisotopic (exact) mass is 337 g/mol. The smallest absolute Gasteiger partial charge is 0.240 e. The van der Waals surface area contributed by atoms with Gasteiger partial charge in [-0.3, -0.25) is 0 Å². The number of benzene rings is 1. The van der Waals surface area contributed by atoms with E-state index < -0.39 is 10.0 Å². The Kier molecular flexibility index (Phi) is 3.41. The molecule has 0 saturated heterocycles. The van der Waals surface area contributed by atoms with Crippen molar-refractivity contribution in [1.82, 2.24) is 14.7 Å². The number of aromatic nitrogens is 2. The number of aromatic amines is 1. The lowest BCUT2D eigenvalue weighted by molar-refractivity contribution is 0.581. The molecule has 0 bridgehead atoms. The molecule has 1 aromatic carbocycles. The molecule has 2 aromatic heterocycles. The molecule has 5 nitrogen and oxygen atoms in total. The van der Waals surface area contributed by atoms with Crippen LogP contribution in [0.2, 0.25) is 0 Å². The summed E-state index contributed by atoms with van der Waals surface area (Å²) in [6, 6.07) is 10.8. The maximum absolute atomic E-state index is 12.4. The van der Waals surface area contributed by atoms with Gasteiger partial charge in [0.25, 0.3) is 0 Å². The molecule has 0 unspecified atom stereocenters. The maximum atomic E-state index is 12.4. The number of hydrogen-bond donors (Lipinski definition) is 2. The topological polar surface area (TPSA) is 74.8 Å². The Hall–Kier alpha value is -2.62. The van der Waals surface area contributed by atoms with E-state index in [1.54, 1.807) is 24.4 Å². The summed E-state index contributed by atoms with van der Waals surface area (Å²) in [4.78, 5) is 7.66. The summed E-state index contributed by atoms with van der Waals surface area (Å²) in [7, 11) is -3.47. The summed E-state index contributed by atoms with van der Waals surface area (Å²) in [5.74, 6) is 2.55. The molecule has 0 amide bonds. The van der Waals surface area contributed by atoms with Crippen molar-refractivity contribution in [1.29, 1.82) is 0 Å². The van der Waals surface area contributed by atoms with Crippen LogP contribution in [0.1, 0.15) is 18.5 Å². The van der Waals surface area contributed by atoms with E-state index in [0.717, 1.165) is 29.4 Å². The molecule has 6 heteroatoms. The average Bonchev–Trinajstić information content (AvgIpc) is 3.28. The van der Waals surface area contributed by atoms with E-state index in [0.29, 0.717) is 11.3 Å². The molecule has 24 heavy (non-hydrogen) atoms. The summed E-state index contributed by atoms with van der Waals surface area (Å²) >= 11 is 0. The van der Waals surface area contributed by atoms with Gasteiger partial charge < -0.3 is 4.98 Å². The first-order valence-electron chi connectivity index (χ1n) is 7.63. The van der Waals surface area contributed by atoms with Gasteiger partial charge in [0.15, 0.2) is 0 Å². The molecule has 1 aliphatic rings. The largest absolute Gasteiger partial charge is 0.333 e. The fourth-order valence-corrected chi connectivity index (χ4v) is 3.93. The lowest BCUT2D eigenvalue weighted by Gasteiger charge is -2.08. The van der Waals surface area contributed by atoms with Gasteiger partial charge >= 0.3 is 0 Å². The molecule has 120 valence electrons. The minimum absolute atomic E-state index is 0.0821. The highest BCUT2D eigenvalue weighted by Gasteiger charge is 2.28. The Morgan fingerprint density at radius 2 is 2.04 bits per heavy atom. The first-order valence-corrected chi connectivity index (χ1v) is 9.12. The van der Waals surface area contributed by atoms with E-state index in [-0.39, 0.29) is 10.9 Å². The van der Waals surface area contributed by atoms with Gasteiger partial charge in [-0.1, -0.05) is 18.1 Å². The zero-order valence-corrected chi connectivity index (χ0v) is 13.6. The van der Waals surface area contributed by atoms with Crippen molar-refractivity contribution in [3.05, 3.63) is 48.3 Å². The number of pyridine rings is 1. The molecule has 0 aliphatic heterocycles. The van der Waals surface area contributed by atoms with E-state index in [4.69, 9.17) is 6.42 Å². The Labute approximate surface area is 140 Å². The predicted molar refractivity (Wildman–Crippen MR) is 92.8 cm³/mol. The number of nitrogens with zero attached hydrogens (tertiary/aromatic N) is 1. The zero-order chi connectivity index (χ0) is 16.7. The molecular formula is C18H15N3O2S. The van der Waals surface area contributed by atoms with Gasteiger partial charge in [0.1, 0.15) is 5.65 Å². The van der Waals surface area contributed by atoms with Gasteiger partial charge in [0.05, 0.1) is 10.6 Å². The number of H-pyrrole nitrogens is 1. The normalized spacial score (nSPS) is 14.6. The van der Waals surface area contributed by atoms with Crippen molar-refractivity contribution < 1.29 is 8.42 Å². The Bertz CT molecular complexity index is 1070. The second kappa shape index (κ2) is 5.48. The predicted octanol–water partition coefficient (Wildman–Crippen LogP) is 2.65. The number of nitrogens with one attached hydrogen (secondary N) is 2. The van der Waals surface area contributed by atoms with Crippen LogP contribution in [-0.2, 0) is 10.0 Å². The van der Waals surface area contributed by atoms with E-state index >= 15 is 0 Å². The number of hydrogen-bond acceptors (Lipinski definition) is 3. The third-order valence-corrected chi connectivity index (χ3v) is 5.52. The first kappa shape index (κ1) is 14.9. The first-order chi connectivity index (χ1) is 11.5. The molecule has 0 atom stereocenters. The molecule has 0 spiro atoms. The van der Waals surface area contributed by atoms with Crippen molar-refractivity contribution in [2.24, 2.45) is 0 Å². The van der Waals surface area contributed by atoms with Gasteiger partial charge in [-0.2, -0.15) is 0 Å². The van der Waals surface area contributed by atoms with E-state index in [1.165, 1.54) is 0 Å². The summed E-state index contributed by atoms with van der Waals surface area (Å²) in [6.07, 6.45) is 8.91. The van der Waals surface area contributed by atoms with Crippen LogP contribution < -0.4 is 4.72 Å². The minimum atomic E-state index is -3.47. The molecule has 0 radical (unpaired) electrons. The molecule has 3 aromatic rings. The van der Waals surface area contributed by atoms with Crippen LogP contribution in [0.4, 0.5) is 0 Å². The van der Waals surface area contributed by atoms with Crippen molar-refractivity contribution in [2.75, 3.05) is 0 Å². The fourth-order valence-electron chi connectivity index (χ4n) is 2.58. The SMILES string of the molecule is C#Cc1cc2cc(-c3cccc(S(=O)(=O)NC4CC4)c3)cnc2[nH]1. The summed E-state index contributed by atoms with van der Waals surface area (Å²) in [6.45, 7) is 0. The third-order valence-electron chi connectivity index (χ3n) is 4.00. The van der Waals surface area contributed by atoms with Crippen LogP contribution >= 0.6 is 0 Å². The lowest BCUT2D eigenvalue weighted by atomic mass is 10.1. The van der Waals surface area contributed by atoms with Crippen LogP contribution in [0.25, 0.3) is 22.2 Å². The second-order valence-corrected chi connectivity index (χ2v) is 7.63. The molecule has 2 N–H and O–H groups in total. The molecule has 4 rings (SSSR count). The fraction of sp³-hybridized carbons (Fsp3) is 0.167. The highest BCUT2D eigenvalue weighted by atomic mass is 32.2. The van der Waals surface area contributed by atoms with Crippen LogP contribution in [-0.4, -0.2) is 24.4 Å². The molecule has 1 fully saturated rings. The van der Waals surface area contributed by atoms with Crippen LogP contribution in [0.3, 0.4) is 0 Å². The number of fused-ring (bicyclic) bond motifs is 1. The molecular weight excluding hydrogens is 322 g/mol. The molecule has 1 aliphatic carbocycles. The maximum Gasteiger partial charge on any atom is 0.240 e. The van der Waals surface area contributed by atoms with Gasteiger partial charge in [0.2, 0.25) is 10.0 Å². The summed E-state index contributed by atoms with van der Waals surface area (Å²) < 4.78 is 27.4. The van der Waals surface area contributed by atoms with Gasteiger partial charge in [-0.15, -0.1) is 6.42 Å². The standard InChI is InChI=1S/C18H15N3O2S/c1-2-15-9-13-8-14(11-19-18(13)20-15)12-4-3-5-17(10-12)24(22,23)21-16-6-7-16/h1,3-5,8-11,16,21H,6-7H2,(H,19,20). The van der Waals surface area contributed by atoms with Crippen molar-refractivity contribution in [3.63, 3.8) is 0 Å². The van der Waals surface area contributed by atoms with Crippen LogP contribution in [0.5, 0.6) is 0 Å². The summed E-state index contributed by atoms with van der Waals surface area (Å²) in [5, 5.41) is 0.893. The van der Waals surface area contributed by atoms with Gasteiger partial charge in [-0.25, -0.2) is 18.1 Å². The van der Waals surface area contributed by atoms with Crippen molar-refractivity contribution >= 4 is 21.1 Å². The van der Waals surface area contributed by atoms with E-state index in [9.17, 15) is 8.42 Å². The number of terminal acetylenes is 1. The van der Waals surface area contributed by atoms with E-state index in [2.05, 4.69) is 20.6 Å². The summed E-state index contributed by atoms with van der Waals surface area (Å²) in [5.41, 5.74) is 3.02. The van der Waals surface area contributed by atoms with E-state index in [1.807, 2.05) is 18.2 Å². The Morgan fingerprint density at radius 3 is 2.79 bits per heavy atom. The lowest BCUT2D eigenvalue weighted by Crippen LogP contribution is -2.25. The third kappa shape index (κ3) is 2.80. The quantitative estimate of drug-likeness (QED) is 0.719. The minimum Gasteiger partial charge on any atom is -0.333 e. The molecule has 2 heterocycles. The Balaban J connectivity index is 1.74. The highest BCUT2D eigenvalue weighted by Crippen LogP contribution is 2.27. The number of sulfonamides is 1. The van der Waals surface area contributed by atoms with Crippen LogP contribution in [0, 0.1) is 12.3 Å². The zero-order valence-electron chi connectivity index (χ0n) is 12.8. The van der Waals surface area contributed by atoms with Crippen molar-refractivity contribution in [3.8, 4) is 23.5 Å². The molecule has 1 saturated carbocycles. The average molecular weight is 337 g/mol. The highest BCUT2D eigenvalue weighted by molar-refractivity contribution is 7.89.